The van der Waals surface area contributed by atoms with Gasteiger partial charge in [0.1, 0.15) is 0 Å². The summed E-state index contributed by atoms with van der Waals surface area (Å²) >= 11 is 0. The summed E-state index contributed by atoms with van der Waals surface area (Å²) in [4.78, 5) is 12.1. The average Bonchev–Trinajstić information content (AvgIpc) is 2.33. The number of carbonyl (C=O) groups is 1. The van der Waals surface area contributed by atoms with E-state index in [-0.39, 0.29) is 5.56 Å². The molecule has 1 aromatic carbocycles. The van der Waals surface area contributed by atoms with E-state index in [0.29, 0.717) is 26.1 Å². The van der Waals surface area contributed by atoms with Gasteiger partial charge in [0.05, 0.1) is 11.1 Å². The Morgan fingerprint density at radius 2 is 1.94 bits per heavy atom. The van der Waals surface area contributed by atoms with Crippen molar-refractivity contribution >= 4 is 5.78 Å². The van der Waals surface area contributed by atoms with Crippen LogP contribution < -0.4 is 5.73 Å². The quantitative estimate of drug-likeness (QED) is 0.801. The predicted molar refractivity (Wildman–Crippen MR) is 57.7 cm³/mol. The molecule has 17 heavy (non-hydrogen) atoms. The van der Waals surface area contributed by atoms with E-state index in [1.54, 1.807) is 0 Å². The maximum absolute atomic E-state index is 13.5. The smallest absolute Gasteiger partial charge is 0.185 e. The van der Waals surface area contributed by atoms with Gasteiger partial charge in [-0.1, -0.05) is 6.07 Å². The van der Waals surface area contributed by atoms with E-state index in [0.717, 1.165) is 6.07 Å². The van der Waals surface area contributed by atoms with Crippen LogP contribution in [0.1, 0.15) is 23.2 Å². The monoisotopic (exact) mass is 241 g/mol. The van der Waals surface area contributed by atoms with Crippen LogP contribution in [0.15, 0.2) is 18.2 Å². The number of hydrogen-bond donors (Lipinski definition) is 1. The lowest BCUT2D eigenvalue weighted by atomic mass is 9.83. The van der Waals surface area contributed by atoms with Crippen LogP contribution in [-0.2, 0) is 4.74 Å². The number of carbonyl (C=O) groups excluding carboxylic acids is 1. The molecule has 0 unspecified atom stereocenters. The van der Waals surface area contributed by atoms with Gasteiger partial charge in [-0.15, -0.1) is 0 Å². The van der Waals surface area contributed by atoms with Crippen molar-refractivity contribution in [2.45, 2.75) is 18.4 Å². The third-order valence-electron chi connectivity index (χ3n) is 3.03. The molecule has 0 spiro atoms. The molecule has 2 rings (SSSR count). The van der Waals surface area contributed by atoms with E-state index < -0.39 is 23.0 Å². The molecule has 3 nitrogen and oxygen atoms in total. The van der Waals surface area contributed by atoms with Crippen molar-refractivity contribution in [2.24, 2.45) is 5.73 Å². The number of Topliss-reactive ketones (excluding diaryl/α,β-unsaturated/α-hetero) is 1. The molecule has 0 saturated carbocycles. The number of ether oxygens (including phenoxy) is 1. The van der Waals surface area contributed by atoms with Crippen molar-refractivity contribution in [1.29, 1.82) is 0 Å². The fourth-order valence-electron chi connectivity index (χ4n) is 1.91. The van der Waals surface area contributed by atoms with Gasteiger partial charge in [-0.25, -0.2) is 8.78 Å². The summed E-state index contributed by atoms with van der Waals surface area (Å²) in [5, 5.41) is 0. The summed E-state index contributed by atoms with van der Waals surface area (Å²) in [5.41, 5.74) is 4.51. The molecule has 1 heterocycles. The molecule has 1 fully saturated rings. The second-order valence-corrected chi connectivity index (χ2v) is 4.20. The Morgan fingerprint density at radius 1 is 1.29 bits per heavy atom. The molecule has 0 bridgehead atoms. The van der Waals surface area contributed by atoms with Gasteiger partial charge >= 0.3 is 0 Å². The summed E-state index contributed by atoms with van der Waals surface area (Å²) in [5.74, 6) is -2.72. The third kappa shape index (κ3) is 2.21. The first-order valence-corrected chi connectivity index (χ1v) is 5.40. The average molecular weight is 241 g/mol. The summed E-state index contributed by atoms with van der Waals surface area (Å²) in [6.45, 7) is 0.721. The van der Waals surface area contributed by atoms with Crippen molar-refractivity contribution in [3.8, 4) is 0 Å². The topological polar surface area (TPSA) is 52.3 Å². The Labute approximate surface area is 97.6 Å². The lowest BCUT2D eigenvalue weighted by Crippen LogP contribution is -2.52. The number of hydrogen-bond acceptors (Lipinski definition) is 3. The van der Waals surface area contributed by atoms with Gasteiger partial charge in [0.25, 0.3) is 0 Å². The molecule has 5 heteroatoms. The summed E-state index contributed by atoms with van der Waals surface area (Å²) < 4.78 is 31.6. The van der Waals surface area contributed by atoms with Crippen LogP contribution in [0.25, 0.3) is 0 Å². The highest BCUT2D eigenvalue weighted by atomic mass is 19.2. The van der Waals surface area contributed by atoms with Crippen molar-refractivity contribution in [3.63, 3.8) is 0 Å². The molecule has 0 aromatic heterocycles. The van der Waals surface area contributed by atoms with Crippen LogP contribution in [-0.4, -0.2) is 24.5 Å². The van der Waals surface area contributed by atoms with E-state index in [9.17, 15) is 13.6 Å². The minimum atomic E-state index is -1.15. The Kier molecular flexibility index (Phi) is 3.22. The number of ketones is 1. The molecule has 1 aliphatic rings. The van der Waals surface area contributed by atoms with Crippen LogP contribution in [0.4, 0.5) is 8.78 Å². The second-order valence-electron chi connectivity index (χ2n) is 4.20. The second kappa shape index (κ2) is 4.50. The van der Waals surface area contributed by atoms with Crippen LogP contribution >= 0.6 is 0 Å². The minimum Gasteiger partial charge on any atom is -0.381 e. The SMILES string of the molecule is NC1(C(=O)c2cccc(F)c2F)CCOCC1. The molecule has 1 aliphatic heterocycles. The zero-order valence-corrected chi connectivity index (χ0v) is 9.21. The van der Waals surface area contributed by atoms with E-state index in [2.05, 4.69) is 0 Å². The Bertz CT molecular complexity index is 442. The van der Waals surface area contributed by atoms with Crippen molar-refractivity contribution in [1.82, 2.24) is 0 Å². The third-order valence-corrected chi connectivity index (χ3v) is 3.03. The van der Waals surface area contributed by atoms with Crippen molar-refractivity contribution < 1.29 is 18.3 Å². The van der Waals surface area contributed by atoms with Gasteiger partial charge < -0.3 is 10.5 Å². The summed E-state index contributed by atoms with van der Waals surface area (Å²) in [6, 6.07) is 3.53. The van der Waals surface area contributed by atoms with Crippen molar-refractivity contribution in [3.05, 3.63) is 35.4 Å². The van der Waals surface area contributed by atoms with E-state index >= 15 is 0 Å². The molecule has 0 aliphatic carbocycles. The highest BCUT2D eigenvalue weighted by Gasteiger charge is 2.37. The first-order valence-electron chi connectivity index (χ1n) is 5.40. The van der Waals surface area contributed by atoms with Crippen molar-refractivity contribution in [2.75, 3.05) is 13.2 Å². The van der Waals surface area contributed by atoms with Gasteiger partial charge in [0.2, 0.25) is 0 Å². The predicted octanol–water partition coefficient (Wildman–Crippen LogP) is 1.66. The first kappa shape index (κ1) is 12.1. The van der Waals surface area contributed by atoms with Gasteiger partial charge in [-0.05, 0) is 25.0 Å². The molecule has 0 radical (unpaired) electrons. The largest absolute Gasteiger partial charge is 0.381 e. The molecule has 0 atom stereocenters. The summed E-state index contributed by atoms with van der Waals surface area (Å²) in [6.07, 6.45) is 0.642. The number of benzene rings is 1. The van der Waals surface area contributed by atoms with E-state index in [1.165, 1.54) is 12.1 Å². The Morgan fingerprint density at radius 3 is 2.59 bits per heavy atom. The van der Waals surface area contributed by atoms with Crippen LogP contribution in [0, 0.1) is 11.6 Å². The zero-order valence-electron chi connectivity index (χ0n) is 9.21. The lowest BCUT2D eigenvalue weighted by Gasteiger charge is -2.31. The highest BCUT2D eigenvalue weighted by molar-refractivity contribution is 6.03. The molecular formula is C12H13F2NO2. The summed E-state index contributed by atoms with van der Waals surface area (Å²) in [7, 11) is 0. The molecule has 2 N–H and O–H groups in total. The lowest BCUT2D eigenvalue weighted by molar-refractivity contribution is 0.0444. The number of nitrogens with two attached hydrogens (primary N) is 1. The number of rotatable bonds is 2. The van der Waals surface area contributed by atoms with Gasteiger partial charge in [-0.2, -0.15) is 0 Å². The van der Waals surface area contributed by atoms with E-state index in [4.69, 9.17) is 10.5 Å². The van der Waals surface area contributed by atoms with E-state index in [1.807, 2.05) is 0 Å². The Hall–Kier alpha value is -1.33. The molecule has 1 saturated heterocycles. The Balaban J connectivity index is 2.33. The van der Waals surface area contributed by atoms with Crippen LogP contribution in [0.2, 0.25) is 0 Å². The van der Waals surface area contributed by atoms with Gasteiger partial charge in [0, 0.05) is 13.2 Å². The van der Waals surface area contributed by atoms with Gasteiger partial charge in [0.15, 0.2) is 17.4 Å². The van der Waals surface area contributed by atoms with Crippen LogP contribution in [0.3, 0.4) is 0 Å². The molecule has 92 valence electrons. The number of halogens is 2. The minimum absolute atomic E-state index is 0.283. The molecule has 0 amide bonds. The highest BCUT2D eigenvalue weighted by Crippen LogP contribution is 2.24. The molecular weight excluding hydrogens is 228 g/mol. The van der Waals surface area contributed by atoms with Crippen LogP contribution in [0.5, 0.6) is 0 Å². The molecule has 1 aromatic rings. The normalized spacial score (nSPS) is 19.0. The zero-order chi connectivity index (χ0) is 12.5. The van der Waals surface area contributed by atoms with Gasteiger partial charge in [-0.3, -0.25) is 4.79 Å². The maximum Gasteiger partial charge on any atom is 0.185 e. The first-order chi connectivity index (χ1) is 8.04. The fourth-order valence-corrected chi connectivity index (χ4v) is 1.91. The fraction of sp³-hybridized carbons (Fsp3) is 0.417. The maximum atomic E-state index is 13.5. The standard InChI is InChI=1S/C12H13F2NO2/c13-9-3-1-2-8(10(9)14)11(16)12(15)4-6-17-7-5-12/h1-3H,4-7,15H2.